The summed E-state index contributed by atoms with van der Waals surface area (Å²) >= 11 is 0. The first-order valence-electron chi connectivity index (χ1n) is 4.94. The molecule has 1 fully saturated rings. The van der Waals surface area contributed by atoms with Gasteiger partial charge in [0.2, 0.25) is 11.8 Å². The largest absolute Gasteiger partial charge is 0.368 e. The Hall–Kier alpha value is -1.10. The molecule has 5 nitrogen and oxygen atoms in total. The van der Waals surface area contributed by atoms with Crippen molar-refractivity contribution in [1.29, 1.82) is 0 Å². The average Bonchev–Trinajstić information content (AvgIpc) is 2.19. The van der Waals surface area contributed by atoms with Crippen LogP contribution < -0.4 is 16.4 Å². The zero-order valence-corrected chi connectivity index (χ0v) is 8.38. The van der Waals surface area contributed by atoms with Crippen LogP contribution in [-0.4, -0.2) is 30.4 Å². The van der Waals surface area contributed by atoms with Crippen LogP contribution in [0.4, 0.5) is 0 Å². The predicted molar refractivity (Wildman–Crippen MR) is 52.4 cm³/mol. The van der Waals surface area contributed by atoms with Gasteiger partial charge in [0.05, 0.1) is 6.04 Å². The first-order valence-corrected chi connectivity index (χ1v) is 4.94. The molecule has 0 spiro atoms. The number of carbonyl (C=O) groups is 2. The molecule has 2 unspecified atom stereocenters. The molecule has 1 aliphatic heterocycles. The highest BCUT2D eigenvalue weighted by atomic mass is 16.2. The van der Waals surface area contributed by atoms with Gasteiger partial charge in [0.25, 0.3) is 0 Å². The van der Waals surface area contributed by atoms with Gasteiger partial charge in [-0.1, -0.05) is 6.42 Å². The molecular weight excluding hydrogens is 182 g/mol. The fourth-order valence-electron chi connectivity index (χ4n) is 1.46. The van der Waals surface area contributed by atoms with Crippen LogP contribution in [0.1, 0.15) is 26.2 Å². The van der Waals surface area contributed by atoms with E-state index in [9.17, 15) is 9.59 Å². The van der Waals surface area contributed by atoms with E-state index in [1.807, 2.05) is 0 Å². The average molecular weight is 199 g/mol. The lowest BCUT2D eigenvalue weighted by Gasteiger charge is -2.23. The molecule has 0 aliphatic carbocycles. The molecule has 0 aromatic carbocycles. The van der Waals surface area contributed by atoms with Crippen molar-refractivity contribution < 1.29 is 9.59 Å². The summed E-state index contributed by atoms with van der Waals surface area (Å²) in [5, 5.41) is 5.67. The Morgan fingerprint density at radius 1 is 1.50 bits per heavy atom. The summed E-state index contributed by atoms with van der Waals surface area (Å²) in [6, 6.07) is -0.753. The van der Waals surface area contributed by atoms with E-state index >= 15 is 0 Å². The van der Waals surface area contributed by atoms with Crippen LogP contribution in [0, 0.1) is 0 Å². The monoisotopic (exact) mass is 199 g/mol. The maximum absolute atomic E-state index is 11.5. The highest BCUT2D eigenvalue weighted by molar-refractivity contribution is 5.88. The molecule has 0 aromatic heterocycles. The number of rotatable bonds is 3. The zero-order valence-electron chi connectivity index (χ0n) is 8.38. The molecule has 2 atom stereocenters. The molecule has 0 radical (unpaired) electrons. The molecule has 1 rings (SSSR count). The second kappa shape index (κ2) is 4.95. The van der Waals surface area contributed by atoms with E-state index in [4.69, 9.17) is 5.73 Å². The van der Waals surface area contributed by atoms with Gasteiger partial charge in [0.15, 0.2) is 0 Å². The number of carbonyl (C=O) groups excluding carboxylic acids is 2. The van der Waals surface area contributed by atoms with Crippen molar-refractivity contribution in [3.05, 3.63) is 0 Å². The Bertz CT molecular complexity index is 224. The van der Waals surface area contributed by atoms with E-state index < -0.39 is 11.9 Å². The Morgan fingerprint density at radius 2 is 2.21 bits per heavy atom. The molecule has 1 heterocycles. The van der Waals surface area contributed by atoms with Crippen molar-refractivity contribution in [3.63, 3.8) is 0 Å². The summed E-state index contributed by atoms with van der Waals surface area (Å²) in [7, 11) is 0. The van der Waals surface area contributed by atoms with E-state index in [-0.39, 0.29) is 11.9 Å². The van der Waals surface area contributed by atoms with E-state index in [1.54, 1.807) is 6.92 Å². The molecule has 5 heteroatoms. The fraction of sp³-hybridized carbons (Fsp3) is 0.778. The van der Waals surface area contributed by atoms with Crippen LogP contribution in [0.5, 0.6) is 0 Å². The zero-order chi connectivity index (χ0) is 10.6. The normalized spacial score (nSPS) is 23.9. The summed E-state index contributed by atoms with van der Waals surface area (Å²) in [4.78, 5) is 22.2. The minimum absolute atomic E-state index is 0.129. The van der Waals surface area contributed by atoms with Crippen molar-refractivity contribution in [1.82, 2.24) is 10.6 Å². The standard InChI is InChI=1S/C9H17N3O2/c1-6(8(10)13)12-9(14)7-4-2-3-5-11-7/h6-7,11H,2-5H2,1H3,(H2,10,13)(H,12,14). The third kappa shape index (κ3) is 2.99. The van der Waals surface area contributed by atoms with E-state index in [0.717, 1.165) is 25.8 Å². The second-order valence-corrected chi connectivity index (χ2v) is 3.64. The number of hydrogen-bond acceptors (Lipinski definition) is 3. The molecule has 4 N–H and O–H groups in total. The Morgan fingerprint density at radius 3 is 2.71 bits per heavy atom. The van der Waals surface area contributed by atoms with E-state index in [0.29, 0.717) is 0 Å². The topological polar surface area (TPSA) is 84.2 Å². The first kappa shape index (κ1) is 11.0. The molecule has 80 valence electrons. The summed E-state index contributed by atoms with van der Waals surface area (Å²) in [5.41, 5.74) is 5.04. The quantitative estimate of drug-likeness (QED) is 0.552. The summed E-state index contributed by atoms with van der Waals surface area (Å²) < 4.78 is 0. The number of hydrogen-bond donors (Lipinski definition) is 3. The van der Waals surface area contributed by atoms with Crippen molar-refractivity contribution in [3.8, 4) is 0 Å². The van der Waals surface area contributed by atoms with Crippen molar-refractivity contribution in [2.75, 3.05) is 6.54 Å². The summed E-state index contributed by atoms with van der Waals surface area (Å²) in [6.07, 6.45) is 2.99. The predicted octanol–water partition coefficient (Wildman–Crippen LogP) is -0.881. The van der Waals surface area contributed by atoms with Gasteiger partial charge in [-0.05, 0) is 26.3 Å². The van der Waals surface area contributed by atoms with Gasteiger partial charge < -0.3 is 16.4 Å². The van der Waals surface area contributed by atoms with Crippen LogP contribution in [0.25, 0.3) is 0 Å². The minimum atomic E-state index is -0.591. The van der Waals surface area contributed by atoms with Crippen molar-refractivity contribution in [2.45, 2.75) is 38.3 Å². The molecular formula is C9H17N3O2. The van der Waals surface area contributed by atoms with Gasteiger partial charge in [-0.2, -0.15) is 0 Å². The van der Waals surface area contributed by atoms with Crippen molar-refractivity contribution >= 4 is 11.8 Å². The third-order valence-electron chi connectivity index (χ3n) is 2.41. The molecule has 14 heavy (non-hydrogen) atoms. The number of piperidine rings is 1. The highest BCUT2D eigenvalue weighted by Gasteiger charge is 2.22. The number of nitrogens with two attached hydrogens (primary N) is 1. The lowest BCUT2D eigenvalue weighted by Crippen LogP contribution is -2.51. The van der Waals surface area contributed by atoms with Crippen LogP contribution in [0.2, 0.25) is 0 Å². The first-order chi connectivity index (χ1) is 6.61. The van der Waals surface area contributed by atoms with Crippen LogP contribution in [-0.2, 0) is 9.59 Å². The van der Waals surface area contributed by atoms with Gasteiger partial charge in [-0.3, -0.25) is 9.59 Å². The molecule has 0 aromatic rings. The van der Waals surface area contributed by atoms with E-state index in [2.05, 4.69) is 10.6 Å². The number of nitrogens with one attached hydrogen (secondary N) is 2. The smallest absolute Gasteiger partial charge is 0.239 e. The fourth-order valence-corrected chi connectivity index (χ4v) is 1.46. The SMILES string of the molecule is CC(NC(=O)C1CCCCN1)C(N)=O. The Kier molecular flexibility index (Phi) is 3.88. The highest BCUT2D eigenvalue weighted by Crippen LogP contribution is 2.06. The summed E-state index contributed by atoms with van der Waals surface area (Å²) in [5.74, 6) is -0.634. The van der Waals surface area contributed by atoms with E-state index in [1.165, 1.54) is 0 Å². The maximum atomic E-state index is 11.5. The van der Waals surface area contributed by atoms with Gasteiger partial charge in [-0.15, -0.1) is 0 Å². The molecule has 0 saturated carbocycles. The third-order valence-corrected chi connectivity index (χ3v) is 2.41. The van der Waals surface area contributed by atoms with Gasteiger partial charge in [-0.25, -0.2) is 0 Å². The molecule has 0 bridgehead atoms. The van der Waals surface area contributed by atoms with Crippen LogP contribution >= 0.6 is 0 Å². The molecule has 1 saturated heterocycles. The second-order valence-electron chi connectivity index (χ2n) is 3.64. The minimum Gasteiger partial charge on any atom is -0.368 e. The Balaban J connectivity index is 2.36. The number of amides is 2. The molecule has 2 amide bonds. The molecule has 1 aliphatic rings. The number of primary amides is 1. The van der Waals surface area contributed by atoms with Gasteiger partial charge in [0.1, 0.15) is 6.04 Å². The lowest BCUT2D eigenvalue weighted by molar-refractivity contribution is -0.128. The van der Waals surface area contributed by atoms with Gasteiger partial charge in [0, 0.05) is 0 Å². The van der Waals surface area contributed by atoms with Crippen molar-refractivity contribution in [2.24, 2.45) is 5.73 Å². The van der Waals surface area contributed by atoms with Crippen LogP contribution in [0.3, 0.4) is 0 Å². The Labute approximate surface area is 83.4 Å². The van der Waals surface area contributed by atoms with Crippen LogP contribution in [0.15, 0.2) is 0 Å². The lowest BCUT2D eigenvalue weighted by atomic mass is 10.0. The van der Waals surface area contributed by atoms with Gasteiger partial charge >= 0.3 is 0 Å². The maximum Gasteiger partial charge on any atom is 0.239 e. The summed E-state index contributed by atoms with van der Waals surface area (Å²) in [6.45, 7) is 2.45.